The number of piperazine rings is 1. The van der Waals surface area contributed by atoms with E-state index in [9.17, 15) is 9.59 Å². The van der Waals surface area contributed by atoms with Crippen LogP contribution in [0.4, 0.5) is 11.6 Å². The minimum absolute atomic E-state index is 0.229. The minimum Gasteiger partial charge on any atom is -0.352 e. The van der Waals surface area contributed by atoms with Crippen molar-refractivity contribution in [1.82, 2.24) is 19.9 Å². The van der Waals surface area contributed by atoms with Crippen LogP contribution in [-0.4, -0.2) is 57.8 Å². The first-order chi connectivity index (χ1) is 13.6. The van der Waals surface area contributed by atoms with Crippen molar-refractivity contribution in [1.29, 1.82) is 0 Å². The fraction of sp³-hybridized carbons (Fsp3) is 0.450. The van der Waals surface area contributed by atoms with Gasteiger partial charge in [-0.25, -0.2) is 9.97 Å². The summed E-state index contributed by atoms with van der Waals surface area (Å²) in [5.41, 5.74) is 0.854. The second kappa shape index (κ2) is 7.92. The van der Waals surface area contributed by atoms with Gasteiger partial charge in [-0.2, -0.15) is 0 Å². The van der Waals surface area contributed by atoms with Crippen molar-refractivity contribution >= 4 is 23.5 Å². The number of hydrogen-bond donors (Lipinski definition) is 1. The van der Waals surface area contributed by atoms with E-state index in [1.54, 1.807) is 31.5 Å². The summed E-state index contributed by atoms with van der Waals surface area (Å²) in [4.78, 5) is 42.0. The number of nitrogens with zero attached hydrogens (tertiary/aromatic N) is 5. The summed E-state index contributed by atoms with van der Waals surface area (Å²) >= 11 is 0. The van der Waals surface area contributed by atoms with E-state index in [-0.39, 0.29) is 23.4 Å². The number of rotatable bonds is 4. The Morgan fingerprint density at radius 1 is 1.11 bits per heavy atom. The summed E-state index contributed by atoms with van der Waals surface area (Å²) in [5, 5.41) is 2.75. The van der Waals surface area contributed by atoms with Crippen LogP contribution in [0.3, 0.4) is 0 Å². The smallest absolute Gasteiger partial charge is 0.277 e. The third kappa shape index (κ3) is 3.81. The number of pyridine rings is 1. The second-order valence-corrected chi connectivity index (χ2v) is 7.27. The molecule has 0 unspecified atom stereocenters. The number of hydrogen-bond acceptors (Lipinski definition) is 6. The van der Waals surface area contributed by atoms with Crippen LogP contribution in [-0.2, 0) is 4.79 Å². The molecule has 4 rings (SSSR count). The number of amides is 2. The Kier molecular flexibility index (Phi) is 5.18. The highest BCUT2D eigenvalue weighted by Crippen LogP contribution is 2.28. The highest BCUT2D eigenvalue weighted by atomic mass is 16.2. The molecule has 146 valence electrons. The number of anilines is 2. The van der Waals surface area contributed by atoms with Crippen LogP contribution in [0, 0.1) is 12.8 Å². The van der Waals surface area contributed by atoms with Crippen LogP contribution in [0.25, 0.3) is 0 Å². The molecule has 0 spiro atoms. The van der Waals surface area contributed by atoms with Crippen LogP contribution in [0.15, 0.2) is 30.6 Å². The van der Waals surface area contributed by atoms with Gasteiger partial charge in [0.05, 0.1) is 11.9 Å². The maximum atomic E-state index is 12.6. The lowest BCUT2D eigenvalue weighted by Crippen LogP contribution is -2.51. The summed E-state index contributed by atoms with van der Waals surface area (Å²) < 4.78 is 0. The van der Waals surface area contributed by atoms with Crippen molar-refractivity contribution in [3.63, 3.8) is 0 Å². The normalized spacial score (nSPS) is 17.2. The molecule has 2 amide bonds. The molecule has 1 saturated heterocycles. The molecular weight excluding hydrogens is 356 g/mol. The summed E-state index contributed by atoms with van der Waals surface area (Å²) in [6.45, 7) is 4.51. The Hall–Kier alpha value is -3.03. The van der Waals surface area contributed by atoms with E-state index in [1.165, 1.54) is 6.42 Å². The van der Waals surface area contributed by atoms with Gasteiger partial charge in [-0.05, 0) is 31.9 Å². The molecule has 0 bridgehead atoms. The SMILES string of the molecule is Cc1ncc(N2CCN(C(=O)C3CCC3)CC2)nc1C(=O)Nc1ccccn1. The zero-order valence-corrected chi connectivity index (χ0v) is 16.0. The molecule has 2 aromatic rings. The van der Waals surface area contributed by atoms with Crippen molar-refractivity contribution in [3.05, 3.63) is 42.0 Å². The number of aryl methyl sites for hydroxylation is 1. The van der Waals surface area contributed by atoms with Crippen LogP contribution in [0.1, 0.15) is 35.4 Å². The Morgan fingerprint density at radius 3 is 2.54 bits per heavy atom. The molecule has 0 atom stereocenters. The quantitative estimate of drug-likeness (QED) is 0.871. The van der Waals surface area contributed by atoms with Crippen LogP contribution in [0.2, 0.25) is 0 Å². The molecule has 3 heterocycles. The van der Waals surface area contributed by atoms with E-state index in [2.05, 4.69) is 25.2 Å². The highest BCUT2D eigenvalue weighted by Gasteiger charge is 2.31. The average Bonchev–Trinajstić information content (AvgIpc) is 2.68. The zero-order chi connectivity index (χ0) is 19.5. The van der Waals surface area contributed by atoms with Crippen molar-refractivity contribution in [3.8, 4) is 0 Å². The monoisotopic (exact) mass is 380 g/mol. The van der Waals surface area contributed by atoms with Crippen LogP contribution >= 0.6 is 0 Å². The molecule has 1 saturated carbocycles. The number of carbonyl (C=O) groups is 2. The molecule has 0 radical (unpaired) electrons. The summed E-state index contributed by atoms with van der Waals surface area (Å²) in [6, 6.07) is 5.32. The lowest BCUT2D eigenvalue weighted by molar-refractivity contribution is -0.138. The van der Waals surface area contributed by atoms with Gasteiger partial charge in [-0.3, -0.25) is 14.6 Å². The molecule has 1 aliphatic carbocycles. The van der Waals surface area contributed by atoms with E-state index in [1.807, 2.05) is 11.0 Å². The second-order valence-electron chi connectivity index (χ2n) is 7.27. The molecule has 8 nitrogen and oxygen atoms in total. The van der Waals surface area contributed by atoms with Gasteiger partial charge in [-0.1, -0.05) is 12.5 Å². The maximum Gasteiger partial charge on any atom is 0.277 e. The van der Waals surface area contributed by atoms with Gasteiger partial charge in [0, 0.05) is 38.3 Å². The lowest BCUT2D eigenvalue weighted by Gasteiger charge is -2.38. The van der Waals surface area contributed by atoms with E-state index >= 15 is 0 Å². The van der Waals surface area contributed by atoms with Crippen molar-refractivity contribution < 1.29 is 9.59 Å². The third-order valence-electron chi connectivity index (χ3n) is 5.43. The van der Waals surface area contributed by atoms with E-state index in [0.717, 1.165) is 12.8 Å². The first-order valence-electron chi connectivity index (χ1n) is 9.71. The standard InChI is InChI=1S/C20H24N6O2/c1-14-18(19(27)23-16-7-2-3-8-21-16)24-17(13-22-14)25-9-11-26(12-10-25)20(28)15-5-4-6-15/h2-3,7-8,13,15H,4-6,9-12H2,1H3,(H,21,23,27). The average molecular weight is 380 g/mol. The molecule has 0 aromatic carbocycles. The molecule has 1 N–H and O–H groups in total. The Labute approximate surface area is 164 Å². The van der Waals surface area contributed by atoms with Gasteiger partial charge in [-0.15, -0.1) is 0 Å². The fourth-order valence-corrected chi connectivity index (χ4v) is 3.49. The molecule has 2 aliphatic rings. The topological polar surface area (TPSA) is 91.3 Å². The van der Waals surface area contributed by atoms with Crippen molar-refractivity contribution in [2.24, 2.45) is 5.92 Å². The van der Waals surface area contributed by atoms with Crippen LogP contribution < -0.4 is 10.2 Å². The predicted molar refractivity (Wildman–Crippen MR) is 105 cm³/mol. The van der Waals surface area contributed by atoms with Gasteiger partial charge in [0.25, 0.3) is 5.91 Å². The summed E-state index contributed by atoms with van der Waals surface area (Å²) in [5.74, 6) is 1.32. The molecule has 28 heavy (non-hydrogen) atoms. The zero-order valence-electron chi connectivity index (χ0n) is 16.0. The highest BCUT2D eigenvalue weighted by molar-refractivity contribution is 6.03. The molecular formula is C20H24N6O2. The third-order valence-corrected chi connectivity index (χ3v) is 5.43. The van der Waals surface area contributed by atoms with Gasteiger partial charge < -0.3 is 15.1 Å². The van der Waals surface area contributed by atoms with Gasteiger partial charge >= 0.3 is 0 Å². The summed E-state index contributed by atoms with van der Waals surface area (Å²) in [6.07, 6.45) is 6.53. The largest absolute Gasteiger partial charge is 0.352 e. The molecule has 2 fully saturated rings. The predicted octanol–water partition coefficient (Wildman–Crippen LogP) is 1.88. The molecule has 8 heteroatoms. The van der Waals surface area contributed by atoms with E-state index in [4.69, 9.17) is 0 Å². The summed E-state index contributed by atoms with van der Waals surface area (Å²) in [7, 11) is 0. The Balaban J connectivity index is 1.42. The van der Waals surface area contributed by atoms with Gasteiger partial charge in [0.2, 0.25) is 5.91 Å². The fourth-order valence-electron chi connectivity index (χ4n) is 3.49. The molecule has 1 aliphatic heterocycles. The number of aromatic nitrogens is 3. The van der Waals surface area contributed by atoms with Gasteiger partial charge in [0.15, 0.2) is 5.69 Å². The lowest BCUT2D eigenvalue weighted by atomic mass is 9.84. The first kappa shape index (κ1) is 18.3. The van der Waals surface area contributed by atoms with E-state index in [0.29, 0.717) is 43.5 Å². The maximum absolute atomic E-state index is 12.6. The first-order valence-corrected chi connectivity index (χ1v) is 9.71. The Morgan fingerprint density at radius 2 is 1.89 bits per heavy atom. The number of carbonyl (C=O) groups excluding carboxylic acids is 2. The van der Waals surface area contributed by atoms with Crippen LogP contribution in [0.5, 0.6) is 0 Å². The van der Waals surface area contributed by atoms with Gasteiger partial charge in [0.1, 0.15) is 11.6 Å². The molecule has 2 aromatic heterocycles. The number of nitrogens with one attached hydrogen (secondary N) is 1. The van der Waals surface area contributed by atoms with Crippen molar-refractivity contribution in [2.75, 3.05) is 36.4 Å². The van der Waals surface area contributed by atoms with E-state index < -0.39 is 0 Å². The minimum atomic E-state index is -0.329. The van der Waals surface area contributed by atoms with Crippen molar-refractivity contribution in [2.45, 2.75) is 26.2 Å². The Bertz CT molecular complexity index is 860.